The zero-order chi connectivity index (χ0) is 8.85. The quantitative estimate of drug-likeness (QED) is 0.501. The number of carbonyl (C=O) groups is 1. The van der Waals surface area contributed by atoms with Gasteiger partial charge in [0.05, 0.1) is 13.0 Å². The molecule has 0 N–H and O–H groups in total. The number of alkyl halides is 1. The van der Waals surface area contributed by atoms with Gasteiger partial charge in [-0.2, -0.15) is 0 Å². The first kappa shape index (κ1) is 11.2. The third-order valence-corrected chi connectivity index (χ3v) is 1.37. The second-order valence-electron chi connectivity index (χ2n) is 2.70. The Morgan fingerprint density at radius 1 is 1.55 bits per heavy atom. The molecule has 0 rings (SSSR count). The third-order valence-electron chi connectivity index (χ3n) is 0.931. The summed E-state index contributed by atoms with van der Waals surface area (Å²) >= 11 is 10.7. The van der Waals surface area contributed by atoms with Crippen molar-refractivity contribution in [1.29, 1.82) is 0 Å². The van der Waals surface area contributed by atoms with Crippen molar-refractivity contribution >= 4 is 28.4 Å². The number of carbonyl (C=O) groups excluding carboxylic acids is 1. The van der Waals surface area contributed by atoms with E-state index in [1.54, 1.807) is 0 Å². The molecule has 0 spiro atoms. The Labute approximate surface area is 76.8 Å². The second-order valence-corrected chi connectivity index (χ2v) is 3.60. The third kappa shape index (κ3) is 8.11. The van der Waals surface area contributed by atoms with Gasteiger partial charge in [0, 0.05) is 0 Å². The Kier molecular flexibility index (Phi) is 5.92. The summed E-state index contributed by atoms with van der Waals surface area (Å²) in [6, 6.07) is 0. The summed E-state index contributed by atoms with van der Waals surface area (Å²) in [7, 11) is 0. The molecule has 0 aromatic carbocycles. The Balaban J connectivity index is 3.37. The molecule has 0 aliphatic rings. The van der Waals surface area contributed by atoms with Gasteiger partial charge in [-0.3, -0.25) is 4.79 Å². The van der Waals surface area contributed by atoms with Crippen LogP contribution in [0.25, 0.3) is 0 Å². The first-order valence-electron chi connectivity index (χ1n) is 3.46. The van der Waals surface area contributed by atoms with Gasteiger partial charge >= 0.3 is 0 Å². The molecular weight excluding hydrogens is 187 g/mol. The smallest absolute Gasteiger partial charge is 0.225 e. The topological polar surface area (TPSA) is 26.3 Å². The highest BCUT2D eigenvalue weighted by Crippen LogP contribution is 2.08. The molecule has 0 fully saturated rings. The number of rotatable bonds is 5. The summed E-state index contributed by atoms with van der Waals surface area (Å²) in [6.45, 7) is 4.57. The van der Waals surface area contributed by atoms with E-state index in [4.69, 9.17) is 27.9 Å². The maximum Gasteiger partial charge on any atom is 0.225 e. The van der Waals surface area contributed by atoms with Gasteiger partial charge in [0.15, 0.2) is 0 Å². The Morgan fingerprint density at radius 3 is 2.45 bits per heavy atom. The number of ether oxygens (including phenoxy) is 1. The van der Waals surface area contributed by atoms with Crippen LogP contribution < -0.4 is 0 Å². The molecule has 2 nitrogen and oxygen atoms in total. The molecule has 0 saturated carbocycles. The maximum absolute atomic E-state index is 10.3. The van der Waals surface area contributed by atoms with Crippen LogP contribution in [0.4, 0.5) is 0 Å². The molecule has 0 aliphatic heterocycles. The zero-order valence-electron chi connectivity index (χ0n) is 6.64. The molecule has 0 radical (unpaired) electrons. The molecule has 0 saturated heterocycles. The van der Waals surface area contributed by atoms with Crippen LogP contribution in [-0.2, 0) is 9.53 Å². The van der Waals surface area contributed by atoms with Crippen LogP contribution in [-0.4, -0.2) is 17.4 Å². The lowest BCUT2D eigenvalue weighted by Gasteiger charge is -2.10. The van der Waals surface area contributed by atoms with Gasteiger partial charge in [0.1, 0.15) is 5.56 Å². The Bertz CT molecular complexity index is 126. The molecule has 0 bridgehead atoms. The lowest BCUT2D eigenvalue weighted by molar-refractivity contribution is -0.113. The van der Waals surface area contributed by atoms with Crippen molar-refractivity contribution in [1.82, 2.24) is 0 Å². The number of hydrogen-bond acceptors (Lipinski definition) is 2. The van der Waals surface area contributed by atoms with Crippen molar-refractivity contribution in [2.45, 2.75) is 25.8 Å². The molecule has 11 heavy (non-hydrogen) atoms. The standard InChI is InChI=1S/C7H12Cl2O2/c1-5(2)4-11-7(9)3-6(8)10/h5,7H,3-4H2,1-2H3. The maximum atomic E-state index is 10.3. The highest BCUT2D eigenvalue weighted by Gasteiger charge is 2.09. The molecule has 4 heteroatoms. The van der Waals surface area contributed by atoms with E-state index < -0.39 is 10.8 Å². The molecule has 0 heterocycles. The van der Waals surface area contributed by atoms with Gasteiger partial charge in [-0.1, -0.05) is 25.4 Å². The van der Waals surface area contributed by atoms with E-state index in [-0.39, 0.29) is 6.42 Å². The predicted octanol–water partition coefficient (Wildman–Crippen LogP) is 2.38. The van der Waals surface area contributed by atoms with Crippen LogP contribution in [0.15, 0.2) is 0 Å². The van der Waals surface area contributed by atoms with E-state index in [9.17, 15) is 4.79 Å². The molecule has 0 aromatic rings. The molecule has 1 atom stereocenters. The number of halogens is 2. The van der Waals surface area contributed by atoms with Gasteiger partial charge < -0.3 is 4.74 Å². The largest absolute Gasteiger partial charge is 0.362 e. The fraction of sp³-hybridized carbons (Fsp3) is 0.857. The van der Waals surface area contributed by atoms with E-state index in [2.05, 4.69) is 0 Å². The van der Waals surface area contributed by atoms with Crippen molar-refractivity contribution in [2.24, 2.45) is 5.92 Å². The van der Waals surface area contributed by atoms with E-state index in [1.807, 2.05) is 13.8 Å². The fourth-order valence-corrected chi connectivity index (χ4v) is 0.914. The molecule has 0 aliphatic carbocycles. The highest BCUT2D eigenvalue weighted by molar-refractivity contribution is 6.63. The monoisotopic (exact) mass is 198 g/mol. The van der Waals surface area contributed by atoms with Crippen molar-refractivity contribution in [3.05, 3.63) is 0 Å². The zero-order valence-corrected chi connectivity index (χ0v) is 8.15. The minimum atomic E-state index is -0.581. The molecule has 1 unspecified atom stereocenters. The summed E-state index contributed by atoms with van der Waals surface area (Å²) in [5, 5.41) is -0.464. The van der Waals surface area contributed by atoms with Gasteiger partial charge in [0.2, 0.25) is 5.24 Å². The van der Waals surface area contributed by atoms with Crippen molar-refractivity contribution in [3.8, 4) is 0 Å². The fourth-order valence-electron chi connectivity index (χ4n) is 0.482. The van der Waals surface area contributed by atoms with Gasteiger partial charge in [-0.15, -0.1) is 0 Å². The van der Waals surface area contributed by atoms with Crippen molar-refractivity contribution in [2.75, 3.05) is 6.61 Å². The second kappa shape index (κ2) is 5.81. The van der Waals surface area contributed by atoms with Crippen molar-refractivity contribution in [3.63, 3.8) is 0 Å². The lowest BCUT2D eigenvalue weighted by Crippen LogP contribution is -2.12. The summed E-state index contributed by atoms with van der Waals surface area (Å²) < 4.78 is 5.07. The lowest BCUT2D eigenvalue weighted by atomic mass is 10.2. The van der Waals surface area contributed by atoms with Crippen LogP contribution in [0.1, 0.15) is 20.3 Å². The van der Waals surface area contributed by atoms with E-state index in [1.165, 1.54) is 0 Å². The van der Waals surface area contributed by atoms with Crippen LogP contribution in [0.3, 0.4) is 0 Å². The van der Waals surface area contributed by atoms with Gasteiger partial charge in [-0.05, 0) is 17.5 Å². The minimum absolute atomic E-state index is 0.0653. The average molecular weight is 199 g/mol. The highest BCUT2D eigenvalue weighted by atomic mass is 35.5. The van der Waals surface area contributed by atoms with E-state index in [0.717, 1.165) is 0 Å². The minimum Gasteiger partial charge on any atom is -0.362 e. The summed E-state index contributed by atoms with van der Waals surface area (Å²) in [4.78, 5) is 10.3. The first-order valence-corrected chi connectivity index (χ1v) is 4.27. The van der Waals surface area contributed by atoms with Gasteiger partial charge in [-0.25, -0.2) is 0 Å². The van der Waals surface area contributed by atoms with Gasteiger partial charge in [0.25, 0.3) is 0 Å². The first-order chi connectivity index (χ1) is 5.02. The van der Waals surface area contributed by atoms with Crippen molar-refractivity contribution < 1.29 is 9.53 Å². The van der Waals surface area contributed by atoms with E-state index in [0.29, 0.717) is 12.5 Å². The molecule has 0 amide bonds. The van der Waals surface area contributed by atoms with Crippen LogP contribution in [0, 0.1) is 5.92 Å². The summed E-state index contributed by atoms with van der Waals surface area (Å²) in [5.74, 6) is 0.418. The molecule has 66 valence electrons. The Morgan fingerprint density at radius 2 is 2.09 bits per heavy atom. The summed E-state index contributed by atoms with van der Waals surface area (Å²) in [6.07, 6.45) is 0.0653. The molecule has 0 aromatic heterocycles. The average Bonchev–Trinajstić information content (AvgIpc) is 1.82. The van der Waals surface area contributed by atoms with Crippen LogP contribution in [0.5, 0.6) is 0 Å². The summed E-state index contributed by atoms with van der Waals surface area (Å²) in [5.41, 5.74) is -0.581. The normalized spacial score (nSPS) is 13.5. The SMILES string of the molecule is CC(C)COC(Cl)CC(=O)Cl. The molecular formula is C7H12Cl2O2. The van der Waals surface area contributed by atoms with Crippen LogP contribution in [0.2, 0.25) is 0 Å². The Hall–Kier alpha value is 0.210. The van der Waals surface area contributed by atoms with E-state index >= 15 is 0 Å². The van der Waals surface area contributed by atoms with Crippen LogP contribution >= 0.6 is 23.2 Å². The number of hydrogen-bond donors (Lipinski definition) is 0. The predicted molar refractivity (Wildman–Crippen MR) is 45.9 cm³/mol.